The van der Waals surface area contributed by atoms with E-state index in [1.165, 1.54) is 19.5 Å². The number of halogens is 3. The number of hydrogen-bond donors (Lipinski definition) is 2. The number of benzene rings is 2. The van der Waals surface area contributed by atoms with Crippen molar-refractivity contribution in [1.82, 2.24) is 14.9 Å². The molecule has 0 fully saturated rings. The fraction of sp³-hybridized carbons (Fsp3) is 0.391. The summed E-state index contributed by atoms with van der Waals surface area (Å²) in [5.41, 5.74) is 0.827. The molecular formula is C23H29Cl2FN4O3. The molecule has 0 spiro atoms. The van der Waals surface area contributed by atoms with Gasteiger partial charge in [-0.25, -0.2) is 14.4 Å². The second-order valence-corrected chi connectivity index (χ2v) is 7.79. The number of aliphatic hydroxyl groups excluding tert-OH is 1. The van der Waals surface area contributed by atoms with Crippen LogP contribution in [0.2, 0.25) is 5.02 Å². The largest absolute Gasteiger partial charge is 0.493 e. The van der Waals surface area contributed by atoms with Crippen LogP contribution in [0, 0.1) is 5.82 Å². The lowest BCUT2D eigenvalue weighted by Crippen LogP contribution is -2.36. The SMILES string of the molecule is CCCN(CC)CC(O)COc1cc2ncnc(Nc3ccc(Cl)cc3F)c2cc1OC.Cl. The topological polar surface area (TPSA) is 79.7 Å². The Morgan fingerprint density at radius 3 is 2.64 bits per heavy atom. The lowest BCUT2D eigenvalue weighted by atomic mass is 10.2. The van der Waals surface area contributed by atoms with E-state index in [0.29, 0.717) is 39.8 Å². The molecule has 0 aliphatic heterocycles. The molecule has 0 aliphatic rings. The van der Waals surface area contributed by atoms with E-state index in [9.17, 15) is 9.50 Å². The van der Waals surface area contributed by atoms with Crippen LogP contribution in [0.5, 0.6) is 11.5 Å². The molecule has 33 heavy (non-hydrogen) atoms. The zero-order chi connectivity index (χ0) is 23.1. The number of aromatic nitrogens is 2. The Morgan fingerprint density at radius 2 is 1.97 bits per heavy atom. The quantitative estimate of drug-likeness (QED) is 0.382. The average molecular weight is 499 g/mol. The van der Waals surface area contributed by atoms with Crippen molar-refractivity contribution in [3.8, 4) is 11.5 Å². The van der Waals surface area contributed by atoms with E-state index in [1.54, 1.807) is 24.3 Å². The van der Waals surface area contributed by atoms with Gasteiger partial charge in [-0.2, -0.15) is 0 Å². The molecule has 1 aromatic heterocycles. The van der Waals surface area contributed by atoms with Gasteiger partial charge in [0, 0.05) is 23.0 Å². The molecule has 1 atom stereocenters. The van der Waals surface area contributed by atoms with Crippen LogP contribution in [0.15, 0.2) is 36.7 Å². The Labute approximate surface area is 204 Å². The third-order valence-corrected chi connectivity index (χ3v) is 5.23. The van der Waals surface area contributed by atoms with Crippen molar-refractivity contribution in [2.45, 2.75) is 26.4 Å². The predicted octanol–water partition coefficient (Wildman–Crippen LogP) is 5.07. The van der Waals surface area contributed by atoms with Gasteiger partial charge in [0.05, 0.1) is 18.3 Å². The smallest absolute Gasteiger partial charge is 0.163 e. The summed E-state index contributed by atoms with van der Waals surface area (Å²) < 4.78 is 25.6. The maximum atomic E-state index is 14.2. The summed E-state index contributed by atoms with van der Waals surface area (Å²) in [5, 5.41) is 14.3. The van der Waals surface area contributed by atoms with Crippen molar-refractivity contribution < 1.29 is 19.0 Å². The first-order valence-corrected chi connectivity index (χ1v) is 10.9. The highest BCUT2D eigenvalue weighted by molar-refractivity contribution is 6.30. The molecule has 0 aliphatic carbocycles. The van der Waals surface area contributed by atoms with E-state index in [2.05, 4.69) is 34.0 Å². The van der Waals surface area contributed by atoms with Gasteiger partial charge in [0.2, 0.25) is 0 Å². The average Bonchev–Trinajstić information content (AvgIpc) is 2.78. The number of likely N-dealkylation sites (N-methyl/N-ethyl adjacent to an activating group) is 1. The number of methoxy groups -OCH3 is 1. The van der Waals surface area contributed by atoms with Gasteiger partial charge in [-0.05, 0) is 43.8 Å². The van der Waals surface area contributed by atoms with E-state index >= 15 is 0 Å². The molecule has 2 N–H and O–H groups in total. The highest BCUT2D eigenvalue weighted by Crippen LogP contribution is 2.35. The monoisotopic (exact) mass is 498 g/mol. The number of rotatable bonds is 11. The van der Waals surface area contributed by atoms with Gasteiger partial charge in [-0.1, -0.05) is 25.4 Å². The second kappa shape index (κ2) is 12.7. The van der Waals surface area contributed by atoms with Crippen LogP contribution < -0.4 is 14.8 Å². The van der Waals surface area contributed by atoms with Crippen molar-refractivity contribution >= 4 is 46.4 Å². The number of hydrogen-bond acceptors (Lipinski definition) is 7. The highest BCUT2D eigenvalue weighted by Gasteiger charge is 2.16. The Balaban J connectivity index is 0.00000385. The molecule has 2 aromatic carbocycles. The van der Waals surface area contributed by atoms with Gasteiger partial charge in [0.25, 0.3) is 0 Å². The molecule has 0 bridgehead atoms. The fourth-order valence-corrected chi connectivity index (χ4v) is 3.54. The molecule has 3 aromatic rings. The molecule has 180 valence electrons. The van der Waals surface area contributed by atoms with Gasteiger partial charge < -0.3 is 24.8 Å². The van der Waals surface area contributed by atoms with E-state index in [4.69, 9.17) is 21.1 Å². The third kappa shape index (κ3) is 7.04. The van der Waals surface area contributed by atoms with Crippen LogP contribution in [0.4, 0.5) is 15.9 Å². The summed E-state index contributed by atoms with van der Waals surface area (Å²) in [7, 11) is 1.53. The molecule has 0 radical (unpaired) electrons. The van der Waals surface area contributed by atoms with Gasteiger partial charge in [-0.3, -0.25) is 0 Å². The molecule has 0 amide bonds. The van der Waals surface area contributed by atoms with Crippen LogP contribution in [0.3, 0.4) is 0 Å². The predicted molar refractivity (Wildman–Crippen MR) is 132 cm³/mol. The standard InChI is InChI=1S/C23H28ClFN4O3.ClH/c1-4-8-29(5-2)12-16(30)13-32-22-11-20-17(10-21(22)31-3)23(27-14-26-20)28-19-7-6-15(24)9-18(19)25;/h6-7,9-11,14,16,30H,4-5,8,12-13H2,1-3H3,(H,26,27,28);1H. The van der Waals surface area contributed by atoms with Gasteiger partial charge in [0.15, 0.2) is 11.5 Å². The lowest BCUT2D eigenvalue weighted by molar-refractivity contribution is 0.0689. The minimum absolute atomic E-state index is 0. The maximum absolute atomic E-state index is 14.2. The minimum atomic E-state index is -0.641. The Hall–Kier alpha value is -2.39. The summed E-state index contributed by atoms with van der Waals surface area (Å²) in [6.07, 6.45) is 1.76. The molecular weight excluding hydrogens is 470 g/mol. The summed E-state index contributed by atoms with van der Waals surface area (Å²) in [5.74, 6) is 0.841. The fourth-order valence-electron chi connectivity index (χ4n) is 3.39. The van der Waals surface area contributed by atoms with Crippen LogP contribution in [-0.4, -0.2) is 59.4 Å². The Morgan fingerprint density at radius 1 is 1.18 bits per heavy atom. The molecule has 7 nitrogen and oxygen atoms in total. The van der Waals surface area contributed by atoms with Gasteiger partial charge in [-0.15, -0.1) is 12.4 Å². The third-order valence-electron chi connectivity index (χ3n) is 4.99. The molecule has 3 rings (SSSR count). The Kier molecular flexibility index (Phi) is 10.4. The molecule has 0 saturated carbocycles. The van der Waals surface area contributed by atoms with Crippen molar-refractivity contribution in [3.63, 3.8) is 0 Å². The second-order valence-electron chi connectivity index (χ2n) is 7.35. The zero-order valence-electron chi connectivity index (χ0n) is 18.8. The minimum Gasteiger partial charge on any atom is -0.493 e. The zero-order valence-corrected chi connectivity index (χ0v) is 20.4. The van der Waals surface area contributed by atoms with Gasteiger partial charge in [0.1, 0.15) is 30.7 Å². The molecule has 1 heterocycles. The van der Waals surface area contributed by atoms with Crippen molar-refractivity contribution in [2.75, 3.05) is 38.7 Å². The van der Waals surface area contributed by atoms with Crippen LogP contribution in [0.25, 0.3) is 10.9 Å². The number of nitrogens with zero attached hydrogens (tertiary/aromatic N) is 3. The van der Waals surface area contributed by atoms with E-state index in [1.807, 2.05) is 0 Å². The molecule has 10 heteroatoms. The van der Waals surface area contributed by atoms with Crippen LogP contribution in [-0.2, 0) is 0 Å². The van der Waals surface area contributed by atoms with Crippen LogP contribution in [0.1, 0.15) is 20.3 Å². The summed E-state index contributed by atoms with van der Waals surface area (Å²) in [6, 6.07) is 7.80. The maximum Gasteiger partial charge on any atom is 0.163 e. The number of anilines is 2. The van der Waals surface area contributed by atoms with Crippen molar-refractivity contribution in [2.24, 2.45) is 0 Å². The van der Waals surface area contributed by atoms with Gasteiger partial charge >= 0.3 is 0 Å². The summed E-state index contributed by atoms with van der Waals surface area (Å²) in [4.78, 5) is 10.7. The Bertz CT molecular complexity index is 1060. The van der Waals surface area contributed by atoms with Crippen molar-refractivity contribution in [1.29, 1.82) is 0 Å². The van der Waals surface area contributed by atoms with E-state index < -0.39 is 11.9 Å². The highest BCUT2D eigenvalue weighted by atomic mass is 35.5. The molecule has 0 saturated heterocycles. The first-order valence-electron chi connectivity index (χ1n) is 10.5. The summed E-state index contributed by atoms with van der Waals surface area (Å²) >= 11 is 5.83. The number of fused-ring (bicyclic) bond motifs is 1. The lowest BCUT2D eigenvalue weighted by Gasteiger charge is -2.23. The first kappa shape index (κ1) is 26.9. The molecule has 1 unspecified atom stereocenters. The number of aliphatic hydroxyl groups is 1. The van der Waals surface area contributed by atoms with Crippen LogP contribution >= 0.6 is 24.0 Å². The first-order chi connectivity index (χ1) is 15.4. The van der Waals surface area contributed by atoms with Crippen molar-refractivity contribution in [3.05, 3.63) is 47.5 Å². The normalized spacial score (nSPS) is 11.8. The number of ether oxygens (including phenoxy) is 2. The number of nitrogens with one attached hydrogen (secondary N) is 1. The van der Waals surface area contributed by atoms with E-state index in [0.717, 1.165) is 19.5 Å². The van der Waals surface area contributed by atoms with E-state index in [-0.39, 0.29) is 24.7 Å². The summed E-state index contributed by atoms with van der Waals surface area (Å²) in [6.45, 7) is 6.62.